The van der Waals surface area contributed by atoms with Crippen molar-refractivity contribution >= 4 is 16.8 Å². The van der Waals surface area contributed by atoms with Crippen LogP contribution in [0.2, 0.25) is 0 Å². The average molecular weight is 299 g/mol. The molecule has 0 saturated carbocycles. The molecule has 2 aromatic rings. The first-order chi connectivity index (χ1) is 10.7. The molecule has 0 fully saturated rings. The Morgan fingerprint density at radius 3 is 2.36 bits per heavy atom. The van der Waals surface area contributed by atoms with E-state index in [0.29, 0.717) is 11.9 Å². The van der Waals surface area contributed by atoms with Crippen molar-refractivity contribution in [2.75, 3.05) is 0 Å². The second kappa shape index (κ2) is 8.52. The van der Waals surface area contributed by atoms with Crippen LogP contribution in [0.1, 0.15) is 63.1 Å². The largest absolute Gasteiger partial charge is 0.274 e. The molecule has 0 bridgehead atoms. The van der Waals surface area contributed by atoms with E-state index in [1.165, 1.54) is 42.7 Å². The highest BCUT2D eigenvalue weighted by Gasteiger charge is 2.10. The molecule has 1 aromatic heterocycles. The summed E-state index contributed by atoms with van der Waals surface area (Å²) in [6.45, 7) is 2.21. The smallest absolute Gasteiger partial charge is 0.257 e. The van der Waals surface area contributed by atoms with Crippen LogP contribution in [0.25, 0.3) is 10.9 Å². The Labute approximate surface area is 132 Å². The van der Waals surface area contributed by atoms with Gasteiger partial charge in [0.2, 0.25) is 5.91 Å². The van der Waals surface area contributed by atoms with Gasteiger partial charge in [-0.25, -0.2) is 4.57 Å². The molecule has 1 aromatic carbocycles. The lowest BCUT2D eigenvalue weighted by Gasteiger charge is -2.08. The molecule has 0 saturated heterocycles. The fraction of sp³-hybridized carbons (Fsp3) is 0.474. The molecule has 0 spiro atoms. The predicted octanol–water partition coefficient (Wildman–Crippen LogP) is 4.78. The lowest BCUT2D eigenvalue weighted by atomic mass is 10.1. The van der Waals surface area contributed by atoms with Crippen LogP contribution in [0.15, 0.2) is 41.2 Å². The van der Waals surface area contributed by atoms with Crippen molar-refractivity contribution in [1.29, 1.82) is 0 Å². The van der Waals surface area contributed by atoms with Crippen molar-refractivity contribution in [3.05, 3.63) is 46.8 Å². The van der Waals surface area contributed by atoms with Crippen molar-refractivity contribution in [2.45, 2.75) is 58.3 Å². The molecule has 3 heteroatoms. The molecule has 118 valence electrons. The van der Waals surface area contributed by atoms with E-state index in [1.54, 1.807) is 6.07 Å². The topological polar surface area (TPSA) is 39.1 Å². The summed E-state index contributed by atoms with van der Waals surface area (Å²) in [5.41, 5.74) is 0.481. The van der Waals surface area contributed by atoms with Crippen molar-refractivity contribution in [1.82, 2.24) is 4.57 Å². The molecule has 1 heterocycles. The van der Waals surface area contributed by atoms with Gasteiger partial charge in [0.15, 0.2) is 0 Å². The fourth-order valence-corrected chi connectivity index (χ4v) is 2.79. The highest BCUT2D eigenvalue weighted by molar-refractivity contribution is 5.91. The Hall–Kier alpha value is -1.90. The fourth-order valence-electron chi connectivity index (χ4n) is 2.79. The first-order valence-electron chi connectivity index (χ1n) is 8.38. The van der Waals surface area contributed by atoms with Gasteiger partial charge < -0.3 is 0 Å². The van der Waals surface area contributed by atoms with Crippen LogP contribution in [-0.4, -0.2) is 10.5 Å². The van der Waals surface area contributed by atoms with Gasteiger partial charge in [-0.1, -0.05) is 63.6 Å². The summed E-state index contributed by atoms with van der Waals surface area (Å²) < 4.78 is 1.33. The molecule has 0 radical (unpaired) electrons. The Balaban J connectivity index is 1.93. The quantitative estimate of drug-likeness (QED) is 0.658. The minimum Gasteiger partial charge on any atom is -0.274 e. The molecular weight excluding hydrogens is 274 g/mol. The number of pyridine rings is 1. The van der Waals surface area contributed by atoms with E-state index in [9.17, 15) is 9.59 Å². The van der Waals surface area contributed by atoms with E-state index in [0.717, 1.165) is 18.2 Å². The van der Waals surface area contributed by atoms with E-state index in [1.807, 2.05) is 24.3 Å². The van der Waals surface area contributed by atoms with Gasteiger partial charge in [-0.15, -0.1) is 0 Å². The Kier molecular flexibility index (Phi) is 6.38. The summed E-state index contributed by atoms with van der Waals surface area (Å²) in [4.78, 5) is 24.4. The molecule has 0 amide bonds. The first kappa shape index (κ1) is 16.5. The molecule has 3 nitrogen and oxygen atoms in total. The summed E-state index contributed by atoms with van der Waals surface area (Å²) in [6, 6.07) is 10.8. The third-order valence-electron chi connectivity index (χ3n) is 4.05. The zero-order valence-corrected chi connectivity index (χ0v) is 13.4. The number of fused-ring (bicyclic) bond motifs is 1. The summed E-state index contributed by atoms with van der Waals surface area (Å²) in [5.74, 6) is -0.0876. The monoisotopic (exact) mass is 299 g/mol. The van der Waals surface area contributed by atoms with Gasteiger partial charge in [-0.2, -0.15) is 0 Å². The summed E-state index contributed by atoms with van der Waals surface area (Å²) in [6.07, 6.45) is 8.63. The van der Waals surface area contributed by atoms with Crippen molar-refractivity contribution in [2.24, 2.45) is 0 Å². The summed E-state index contributed by atoms with van der Waals surface area (Å²) in [7, 11) is 0. The van der Waals surface area contributed by atoms with Gasteiger partial charge in [0.05, 0.1) is 5.52 Å². The third-order valence-corrected chi connectivity index (χ3v) is 4.05. The standard InChI is InChI=1S/C19H25NO2/c1-2-3-4-5-6-7-8-13-18(21)20-17-12-10-9-11-16(17)14-15-19(20)22/h9-12,14-15H,2-8,13H2,1H3. The number of carbonyl (C=O) groups excluding carboxylic acids is 1. The van der Waals surface area contributed by atoms with Crippen LogP contribution < -0.4 is 5.56 Å². The number of rotatable bonds is 8. The number of nitrogens with zero attached hydrogens (tertiary/aromatic N) is 1. The second-order valence-corrected chi connectivity index (χ2v) is 5.83. The van der Waals surface area contributed by atoms with E-state index in [-0.39, 0.29) is 11.5 Å². The third kappa shape index (κ3) is 4.30. The van der Waals surface area contributed by atoms with E-state index in [4.69, 9.17) is 0 Å². The zero-order valence-electron chi connectivity index (χ0n) is 13.4. The number of carbonyl (C=O) groups is 1. The lowest BCUT2D eigenvalue weighted by molar-refractivity contribution is 0.0900. The van der Waals surface area contributed by atoms with Gasteiger partial charge in [-0.05, 0) is 23.9 Å². The molecule has 0 aliphatic carbocycles. The van der Waals surface area contributed by atoms with Crippen LogP contribution in [0.4, 0.5) is 0 Å². The number of para-hydroxylation sites is 1. The van der Waals surface area contributed by atoms with Crippen molar-refractivity contribution in [3.8, 4) is 0 Å². The lowest BCUT2D eigenvalue weighted by Crippen LogP contribution is -2.26. The number of hydrogen-bond donors (Lipinski definition) is 0. The van der Waals surface area contributed by atoms with Gasteiger partial charge in [0, 0.05) is 12.5 Å². The van der Waals surface area contributed by atoms with Crippen LogP contribution in [-0.2, 0) is 0 Å². The van der Waals surface area contributed by atoms with E-state index in [2.05, 4.69) is 6.92 Å². The van der Waals surface area contributed by atoms with Crippen LogP contribution in [0, 0.1) is 0 Å². The molecule has 22 heavy (non-hydrogen) atoms. The maximum Gasteiger partial charge on any atom is 0.257 e. The van der Waals surface area contributed by atoms with Gasteiger partial charge in [-0.3, -0.25) is 9.59 Å². The van der Waals surface area contributed by atoms with Gasteiger partial charge in [0.1, 0.15) is 0 Å². The molecule has 0 aliphatic rings. The van der Waals surface area contributed by atoms with E-state index >= 15 is 0 Å². The number of unbranched alkanes of at least 4 members (excludes halogenated alkanes) is 6. The van der Waals surface area contributed by atoms with Crippen LogP contribution >= 0.6 is 0 Å². The van der Waals surface area contributed by atoms with Gasteiger partial charge >= 0.3 is 0 Å². The summed E-state index contributed by atoms with van der Waals surface area (Å²) >= 11 is 0. The highest BCUT2D eigenvalue weighted by atomic mass is 16.2. The SMILES string of the molecule is CCCCCCCCCC(=O)n1c(=O)ccc2ccccc21. The highest BCUT2D eigenvalue weighted by Crippen LogP contribution is 2.13. The molecule has 0 aliphatic heterocycles. The number of hydrogen-bond acceptors (Lipinski definition) is 2. The maximum atomic E-state index is 12.4. The molecule has 0 N–H and O–H groups in total. The number of benzene rings is 1. The first-order valence-corrected chi connectivity index (χ1v) is 8.38. The number of aromatic nitrogens is 1. The van der Waals surface area contributed by atoms with Crippen LogP contribution in [0.5, 0.6) is 0 Å². The second-order valence-electron chi connectivity index (χ2n) is 5.83. The maximum absolute atomic E-state index is 12.4. The Morgan fingerprint density at radius 1 is 0.909 bits per heavy atom. The molecule has 0 atom stereocenters. The minimum absolute atomic E-state index is 0.0876. The van der Waals surface area contributed by atoms with Gasteiger partial charge in [0.25, 0.3) is 5.56 Å². The van der Waals surface area contributed by atoms with E-state index < -0.39 is 0 Å². The Bertz CT molecular complexity index is 672. The Morgan fingerprint density at radius 2 is 1.59 bits per heavy atom. The summed E-state index contributed by atoms with van der Waals surface area (Å²) in [5, 5.41) is 0.926. The molecule has 0 unspecified atom stereocenters. The predicted molar refractivity (Wildman–Crippen MR) is 91.4 cm³/mol. The normalized spacial score (nSPS) is 11.0. The van der Waals surface area contributed by atoms with Crippen LogP contribution in [0.3, 0.4) is 0 Å². The molecular formula is C19H25NO2. The van der Waals surface area contributed by atoms with Crippen molar-refractivity contribution in [3.63, 3.8) is 0 Å². The van der Waals surface area contributed by atoms with Crippen molar-refractivity contribution < 1.29 is 4.79 Å². The zero-order chi connectivity index (χ0) is 15.8. The average Bonchev–Trinajstić information content (AvgIpc) is 2.53. The molecule has 2 rings (SSSR count). The minimum atomic E-state index is -0.230.